The van der Waals surface area contributed by atoms with E-state index in [4.69, 9.17) is 4.74 Å². The summed E-state index contributed by atoms with van der Waals surface area (Å²) in [6.07, 6.45) is 15.2. The summed E-state index contributed by atoms with van der Waals surface area (Å²) in [6, 6.07) is 14.0. The molecule has 0 saturated heterocycles. The third-order valence-corrected chi connectivity index (χ3v) is 7.93. The first-order chi connectivity index (χ1) is 18.8. The lowest BCUT2D eigenvalue weighted by Gasteiger charge is -2.23. The minimum atomic E-state index is -0.115. The van der Waals surface area contributed by atoms with Crippen molar-refractivity contribution >= 4 is 22.9 Å². The maximum absolute atomic E-state index is 13.2. The van der Waals surface area contributed by atoms with Crippen molar-refractivity contribution in [3.05, 3.63) is 75.7 Å². The molecule has 220 valence electrons. The highest BCUT2D eigenvalue weighted by Crippen LogP contribution is 2.32. The molecule has 0 spiro atoms. The summed E-state index contributed by atoms with van der Waals surface area (Å²) in [6.45, 7) is 12.4. The summed E-state index contributed by atoms with van der Waals surface area (Å²) >= 11 is 1.73. The zero-order valence-corrected chi connectivity index (χ0v) is 27.6. The summed E-state index contributed by atoms with van der Waals surface area (Å²) in [4.78, 5) is 14.5. The van der Waals surface area contributed by atoms with Gasteiger partial charge in [0.2, 0.25) is 5.51 Å². The molecule has 1 aromatic heterocycles. The Labute approximate surface area is 257 Å². The Balaban J connectivity index is 0.00000560. The van der Waals surface area contributed by atoms with Crippen LogP contribution in [0.2, 0.25) is 0 Å². The van der Waals surface area contributed by atoms with E-state index in [-0.39, 0.29) is 28.3 Å². The molecule has 0 atom stereocenters. The number of hydrogen-bond donors (Lipinski definition) is 1. The Hall–Kier alpha value is -2.18. The van der Waals surface area contributed by atoms with Gasteiger partial charge in [0.15, 0.2) is 12.7 Å². The number of ether oxygens (including phenoxy) is 1. The molecule has 4 nitrogen and oxygen atoms in total. The Morgan fingerprint density at radius 3 is 2.23 bits per heavy atom. The van der Waals surface area contributed by atoms with Crippen molar-refractivity contribution in [2.24, 2.45) is 0 Å². The highest BCUT2D eigenvalue weighted by atomic mass is 79.9. The fraction of sp³-hybridized carbons (Fsp3) is 0.529. The van der Waals surface area contributed by atoms with E-state index in [0.717, 1.165) is 35.5 Å². The number of carbonyl (C=O) groups excluding carboxylic acids is 1. The molecule has 6 heteroatoms. The monoisotopic (exact) mass is 628 g/mol. The Kier molecular flexibility index (Phi) is 15.0. The van der Waals surface area contributed by atoms with Gasteiger partial charge < -0.3 is 27.0 Å². The van der Waals surface area contributed by atoms with Crippen LogP contribution in [-0.2, 0) is 12.0 Å². The molecule has 1 N–H and O–H groups in total. The van der Waals surface area contributed by atoms with Gasteiger partial charge >= 0.3 is 0 Å². The van der Waals surface area contributed by atoms with Crippen LogP contribution >= 0.6 is 11.3 Å². The molecule has 3 aromatic rings. The summed E-state index contributed by atoms with van der Waals surface area (Å²) in [5.41, 5.74) is 5.77. The number of carbonyl (C=O) groups is 1. The zero-order valence-electron chi connectivity index (χ0n) is 25.2. The topological polar surface area (TPSA) is 42.2 Å². The van der Waals surface area contributed by atoms with E-state index in [0.29, 0.717) is 12.2 Å². The summed E-state index contributed by atoms with van der Waals surface area (Å²) in [7, 11) is 0. The highest BCUT2D eigenvalue weighted by molar-refractivity contribution is 7.09. The van der Waals surface area contributed by atoms with Crippen molar-refractivity contribution < 1.29 is 31.1 Å². The molecule has 0 radical (unpaired) electrons. The second-order valence-electron chi connectivity index (χ2n) is 11.8. The minimum Gasteiger partial charge on any atom is -1.00 e. The van der Waals surface area contributed by atoms with Gasteiger partial charge in [-0.2, -0.15) is 4.57 Å². The lowest BCUT2D eigenvalue weighted by atomic mass is 9.85. The van der Waals surface area contributed by atoms with E-state index < -0.39 is 0 Å². The van der Waals surface area contributed by atoms with Gasteiger partial charge in [0.25, 0.3) is 5.91 Å². The third-order valence-electron chi connectivity index (χ3n) is 7.08. The average molecular weight is 630 g/mol. The van der Waals surface area contributed by atoms with Gasteiger partial charge in [-0.05, 0) is 48.6 Å². The van der Waals surface area contributed by atoms with Crippen LogP contribution in [0.4, 0.5) is 5.69 Å². The van der Waals surface area contributed by atoms with E-state index in [9.17, 15) is 4.79 Å². The molecule has 40 heavy (non-hydrogen) atoms. The van der Waals surface area contributed by atoms with Crippen molar-refractivity contribution in [1.29, 1.82) is 0 Å². The number of rotatable bonds is 16. The Morgan fingerprint density at radius 2 is 1.60 bits per heavy atom. The van der Waals surface area contributed by atoms with E-state index in [1.807, 2.05) is 30.3 Å². The number of amides is 1. The molecular formula is C34H49BrN2O2S. The zero-order chi connectivity index (χ0) is 28.1. The molecule has 3 rings (SSSR count). The Bertz CT molecular complexity index is 1170. The van der Waals surface area contributed by atoms with Gasteiger partial charge in [-0.1, -0.05) is 115 Å². The molecule has 2 aromatic carbocycles. The van der Waals surface area contributed by atoms with Crippen LogP contribution in [0, 0.1) is 6.92 Å². The normalized spacial score (nSPS) is 11.2. The summed E-state index contributed by atoms with van der Waals surface area (Å²) < 4.78 is 8.45. The fourth-order valence-corrected chi connectivity index (χ4v) is 5.50. The van der Waals surface area contributed by atoms with Gasteiger partial charge in [-0.15, -0.1) is 0 Å². The lowest BCUT2D eigenvalue weighted by molar-refractivity contribution is -0.683. The quantitative estimate of drug-likeness (QED) is 0.151. The van der Waals surface area contributed by atoms with E-state index in [1.54, 1.807) is 11.3 Å². The van der Waals surface area contributed by atoms with Crippen LogP contribution in [0.3, 0.4) is 0 Å². The number of aryl methyl sites for hydroxylation is 1. The maximum atomic E-state index is 13.2. The molecule has 0 saturated carbocycles. The molecule has 1 heterocycles. The van der Waals surface area contributed by atoms with Crippen molar-refractivity contribution in [2.75, 3.05) is 11.9 Å². The second kappa shape index (κ2) is 17.6. The molecule has 0 aliphatic heterocycles. The van der Waals surface area contributed by atoms with E-state index in [1.165, 1.54) is 62.7 Å². The minimum absolute atomic E-state index is 0. The molecule has 0 unspecified atom stereocenters. The number of halogens is 1. The van der Waals surface area contributed by atoms with Crippen molar-refractivity contribution in [3.8, 4) is 5.75 Å². The average Bonchev–Trinajstić information content (AvgIpc) is 3.31. The van der Waals surface area contributed by atoms with Crippen LogP contribution in [-0.4, -0.2) is 12.5 Å². The largest absolute Gasteiger partial charge is 1.00 e. The molecular weight excluding hydrogens is 580 g/mol. The third kappa shape index (κ3) is 11.7. The Morgan fingerprint density at radius 1 is 0.925 bits per heavy atom. The van der Waals surface area contributed by atoms with E-state index >= 15 is 0 Å². The molecule has 1 amide bonds. The number of unbranched alkanes of at least 4 members (excludes halogenated alkanes) is 9. The number of nitrogens with one attached hydrogen (secondary N) is 1. The fourth-order valence-electron chi connectivity index (χ4n) is 4.86. The standard InChI is InChI=1S/C34H48N2O2S.BrH/c1-6-7-8-9-10-11-12-13-14-15-21-38-32-23-29(19-20-31(32)34(3,4)5)33(37)35-30-18-16-17-28(22-30)25-36-24-27(2)39-26-36;/h16-20,22-24,26H,6-15,21,25H2,1-5H3;1H. The van der Waals surface area contributed by atoms with E-state index in [2.05, 4.69) is 68.3 Å². The van der Waals surface area contributed by atoms with Gasteiger partial charge in [-0.3, -0.25) is 4.79 Å². The number of anilines is 1. The van der Waals surface area contributed by atoms with Crippen molar-refractivity contribution in [3.63, 3.8) is 0 Å². The number of hydrogen-bond acceptors (Lipinski definition) is 3. The van der Waals surface area contributed by atoms with Crippen molar-refractivity contribution in [2.45, 2.75) is 111 Å². The van der Waals surface area contributed by atoms with Crippen LogP contribution in [0.1, 0.15) is 118 Å². The van der Waals surface area contributed by atoms with Gasteiger partial charge in [0, 0.05) is 16.8 Å². The maximum Gasteiger partial charge on any atom is 0.255 e. The molecule has 0 fully saturated rings. The highest BCUT2D eigenvalue weighted by Gasteiger charge is 2.21. The van der Waals surface area contributed by atoms with Crippen LogP contribution < -0.4 is 31.6 Å². The van der Waals surface area contributed by atoms with Crippen LogP contribution in [0.5, 0.6) is 5.75 Å². The first-order valence-electron chi connectivity index (χ1n) is 14.9. The first kappa shape index (κ1) is 34.0. The van der Waals surface area contributed by atoms with Crippen LogP contribution in [0.15, 0.2) is 54.2 Å². The number of aromatic nitrogens is 1. The van der Waals surface area contributed by atoms with Crippen LogP contribution in [0.25, 0.3) is 0 Å². The molecule has 0 aliphatic rings. The molecule has 0 bridgehead atoms. The molecule has 0 aliphatic carbocycles. The lowest BCUT2D eigenvalue weighted by Crippen LogP contribution is -3.00. The van der Waals surface area contributed by atoms with Gasteiger partial charge in [0.1, 0.15) is 5.75 Å². The van der Waals surface area contributed by atoms with Crippen molar-refractivity contribution in [1.82, 2.24) is 0 Å². The SMILES string of the molecule is CCCCCCCCCCCCOc1cc(C(=O)Nc2cccc(C[n+]3csc(C)c3)c2)ccc1C(C)(C)C.[Br-]. The summed E-state index contributed by atoms with van der Waals surface area (Å²) in [5.74, 6) is 0.708. The smallest absolute Gasteiger partial charge is 0.255 e. The number of thiazole rings is 1. The number of benzene rings is 2. The van der Waals surface area contributed by atoms with Gasteiger partial charge in [-0.25, -0.2) is 0 Å². The van der Waals surface area contributed by atoms with Gasteiger partial charge in [0.05, 0.1) is 11.5 Å². The predicted molar refractivity (Wildman–Crippen MR) is 165 cm³/mol. The first-order valence-corrected chi connectivity index (χ1v) is 15.8. The predicted octanol–water partition coefficient (Wildman–Crippen LogP) is 6.25. The summed E-state index contributed by atoms with van der Waals surface area (Å²) in [5, 5.41) is 3.09. The number of nitrogens with zero attached hydrogens (tertiary/aromatic N) is 1. The second-order valence-corrected chi connectivity index (χ2v) is 12.9.